The summed E-state index contributed by atoms with van der Waals surface area (Å²) in [6.07, 6.45) is 49.9. The van der Waals surface area contributed by atoms with E-state index in [1.165, 1.54) is 96.3 Å². The maximum Gasteiger partial charge on any atom is 0.469 e. The maximum atomic E-state index is 12.4. The molecule has 0 aliphatic carbocycles. The number of hydrogen-bond acceptors (Lipinski definition) is 7. The first-order valence-electron chi connectivity index (χ1n) is 22.7. The van der Waals surface area contributed by atoms with E-state index in [4.69, 9.17) is 19.3 Å². The zero-order valence-corrected chi connectivity index (χ0v) is 37.0. The third-order valence-corrected chi connectivity index (χ3v) is 10.1. The Morgan fingerprint density at radius 3 is 1.61 bits per heavy atom. The van der Waals surface area contributed by atoms with Crippen molar-refractivity contribution in [2.45, 2.75) is 212 Å². The molecule has 0 heterocycles. The lowest BCUT2D eigenvalue weighted by Crippen LogP contribution is -2.29. The van der Waals surface area contributed by atoms with Crippen LogP contribution in [0.25, 0.3) is 0 Å². The molecule has 3 N–H and O–H groups in total. The predicted octanol–water partition coefficient (Wildman–Crippen LogP) is 13.0. The Kier molecular flexibility index (Phi) is 40.2. The lowest BCUT2D eigenvalue weighted by Gasteiger charge is -2.18. The van der Waals surface area contributed by atoms with Crippen LogP contribution in [0.3, 0.4) is 0 Å². The molecule has 0 saturated heterocycles. The van der Waals surface area contributed by atoms with Gasteiger partial charge in [-0.05, 0) is 64.2 Å². The molecule has 10 heteroatoms. The highest BCUT2D eigenvalue weighted by molar-refractivity contribution is 7.46. The van der Waals surface area contributed by atoms with Gasteiger partial charge in [0.25, 0.3) is 0 Å². The minimum absolute atomic E-state index is 0.170. The minimum Gasteiger partial charge on any atom is -0.462 e. The van der Waals surface area contributed by atoms with Gasteiger partial charge in [0.1, 0.15) is 6.61 Å². The van der Waals surface area contributed by atoms with Crippen molar-refractivity contribution in [3.05, 3.63) is 60.8 Å². The van der Waals surface area contributed by atoms with E-state index in [2.05, 4.69) is 42.7 Å². The van der Waals surface area contributed by atoms with Gasteiger partial charge in [0.05, 0.1) is 12.7 Å². The number of unbranched alkanes of at least 4 members (excludes halogenated alkanes) is 20. The Hall–Kier alpha value is -2.29. The number of phosphoric ester groups is 1. The third kappa shape index (κ3) is 44.7. The summed E-state index contributed by atoms with van der Waals surface area (Å²) in [6.45, 7) is 3.52. The lowest BCUT2D eigenvalue weighted by molar-refractivity contribution is -0.161. The van der Waals surface area contributed by atoms with Crippen molar-refractivity contribution in [1.29, 1.82) is 0 Å². The second-order valence-corrected chi connectivity index (χ2v) is 16.5. The number of rotatable bonds is 41. The molecule has 0 unspecified atom stereocenters. The van der Waals surface area contributed by atoms with Crippen LogP contribution in [0.15, 0.2) is 60.8 Å². The number of carbonyl (C=O) groups is 2. The molecule has 0 aromatic rings. The molecule has 9 nitrogen and oxygen atoms in total. The van der Waals surface area contributed by atoms with Gasteiger partial charge in [0.2, 0.25) is 0 Å². The molecule has 0 bridgehead atoms. The van der Waals surface area contributed by atoms with Crippen molar-refractivity contribution < 1.29 is 43.0 Å². The normalized spacial score (nSPS) is 13.6. The summed E-state index contributed by atoms with van der Waals surface area (Å²) in [6, 6.07) is 0. The van der Waals surface area contributed by atoms with Crippen LogP contribution in [0.2, 0.25) is 0 Å². The summed E-state index contributed by atoms with van der Waals surface area (Å²) in [4.78, 5) is 42.9. The van der Waals surface area contributed by atoms with E-state index in [-0.39, 0.29) is 25.6 Å². The summed E-state index contributed by atoms with van der Waals surface area (Å²) in [7, 11) is -4.78. The SMILES string of the molecule is CCCCCCCC/C=C\CCCCCCCCCCCCCC(=O)O[C@H](COC(=O)CCC/C=C\C/C=C\C/C=C\C=C\[C@H](O)CCCCC)COP(=O)(O)O. The fourth-order valence-corrected chi connectivity index (χ4v) is 6.54. The molecule has 0 spiro atoms. The number of ether oxygens (including phenoxy) is 2. The molecule has 330 valence electrons. The molecular weight excluding hydrogens is 739 g/mol. The van der Waals surface area contributed by atoms with Crippen molar-refractivity contribution in [1.82, 2.24) is 0 Å². The zero-order valence-electron chi connectivity index (χ0n) is 36.1. The molecule has 0 rings (SSSR count). The van der Waals surface area contributed by atoms with E-state index >= 15 is 0 Å². The van der Waals surface area contributed by atoms with E-state index in [1.54, 1.807) is 0 Å². The average Bonchev–Trinajstić information content (AvgIpc) is 3.18. The first kappa shape index (κ1) is 54.7. The summed E-state index contributed by atoms with van der Waals surface area (Å²) in [5, 5.41) is 9.88. The van der Waals surface area contributed by atoms with Gasteiger partial charge in [-0.2, -0.15) is 0 Å². The maximum absolute atomic E-state index is 12.4. The lowest BCUT2D eigenvalue weighted by atomic mass is 10.0. The molecule has 0 radical (unpaired) electrons. The van der Waals surface area contributed by atoms with Gasteiger partial charge in [0.15, 0.2) is 6.10 Å². The van der Waals surface area contributed by atoms with Crippen LogP contribution in [-0.2, 0) is 28.2 Å². The molecular formula is C47H83O9P. The molecule has 0 aromatic heterocycles. The van der Waals surface area contributed by atoms with E-state index < -0.39 is 32.5 Å². The minimum atomic E-state index is -4.78. The highest BCUT2D eigenvalue weighted by Crippen LogP contribution is 2.36. The van der Waals surface area contributed by atoms with Crippen LogP contribution in [-0.4, -0.2) is 52.3 Å². The van der Waals surface area contributed by atoms with E-state index in [0.717, 1.165) is 57.8 Å². The Balaban J connectivity index is 3.99. The van der Waals surface area contributed by atoms with Crippen LogP contribution >= 0.6 is 7.82 Å². The molecule has 57 heavy (non-hydrogen) atoms. The van der Waals surface area contributed by atoms with Crippen LogP contribution in [0.5, 0.6) is 0 Å². The average molecular weight is 823 g/mol. The number of hydrogen-bond donors (Lipinski definition) is 3. The molecule has 0 amide bonds. The third-order valence-electron chi connectivity index (χ3n) is 9.61. The van der Waals surface area contributed by atoms with Gasteiger partial charge >= 0.3 is 19.8 Å². The zero-order chi connectivity index (χ0) is 41.9. The Labute approximate surface area is 348 Å². The number of carbonyl (C=O) groups excluding carboxylic acids is 2. The number of esters is 2. The van der Waals surface area contributed by atoms with Crippen molar-refractivity contribution >= 4 is 19.8 Å². The van der Waals surface area contributed by atoms with Crippen LogP contribution in [0, 0.1) is 0 Å². The number of aliphatic hydroxyl groups is 1. The van der Waals surface area contributed by atoms with Gasteiger partial charge in [-0.25, -0.2) is 4.57 Å². The van der Waals surface area contributed by atoms with Crippen LogP contribution in [0.4, 0.5) is 0 Å². The van der Waals surface area contributed by atoms with Gasteiger partial charge in [-0.15, -0.1) is 0 Å². The second-order valence-electron chi connectivity index (χ2n) is 15.2. The second kappa shape index (κ2) is 41.9. The Bertz CT molecular complexity index is 1120. The van der Waals surface area contributed by atoms with E-state index in [0.29, 0.717) is 19.3 Å². The topological polar surface area (TPSA) is 140 Å². The van der Waals surface area contributed by atoms with Crippen LogP contribution < -0.4 is 0 Å². The molecule has 0 saturated carbocycles. The fraction of sp³-hybridized carbons (Fsp3) is 0.745. The van der Waals surface area contributed by atoms with Gasteiger partial charge in [-0.1, -0.05) is 184 Å². The van der Waals surface area contributed by atoms with E-state index in [9.17, 15) is 19.3 Å². The van der Waals surface area contributed by atoms with Crippen molar-refractivity contribution in [2.24, 2.45) is 0 Å². The molecule has 0 aromatic carbocycles. The van der Waals surface area contributed by atoms with Gasteiger partial charge in [0, 0.05) is 12.8 Å². The number of phosphoric acid groups is 1. The smallest absolute Gasteiger partial charge is 0.462 e. The molecule has 0 aliphatic rings. The highest BCUT2D eigenvalue weighted by Gasteiger charge is 2.22. The van der Waals surface area contributed by atoms with Crippen molar-refractivity contribution in [2.75, 3.05) is 13.2 Å². The Morgan fingerprint density at radius 1 is 0.544 bits per heavy atom. The summed E-state index contributed by atoms with van der Waals surface area (Å²) in [5.74, 6) is -0.977. The summed E-state index contributed by atoms with van der Waals surface area (Å²) >= 11 is 0. The van der Waals surface area contributed by atoms with Crippen LogP contribution in [0.1, 0.15) is 200 Å². The molecule has 0 fully saturated rings. The summed E-state index contributed by atoms with van der Waals surface area (Å²) < 4.78 is 26.4. The van der Waals surface area contributed by atoms with Crippen molar-refractivity contribution in [3.63, 3.8) is 0 Å². The fourth-order valence-electron chi connectivity index (χ4n) is 6.18. The quantitative estimate of drug-likeness (QED) is 0.0181. The number of allylic oxidation sites excluding steroid dienone is 9. The van der Waals surface area contributed by atoms with Gasteiger partial charge in [-0.3, -0.25) is 14.1 Å². The first-order valence-corrected chi connectivity index (χ1v) is 24.2. The van der Waals surface area contributed by atoms with Gasteiger partial charge < -0.3 is 24.4 Å². The summed E-state index contributed by atoms with van der Waals surface area (Å²) in [5.41, 5.74) is 0. The standard InChI is InChI=1S/C47H83O9P/c1-3-5-7-8-9-10-11-12-13-14-15-16-17-18-19-20-23-27-30-33-37-41-47(50)56-45(43-55-57(51,52)53)42-54-46(49)40-36-32-29-26-24-21-22-25-28-31-35-39-44(48)38-34-6-4-2/h12-13,21-22,26,28-29,31,35,39,44-45,48H,3-11,14-20,23-25,27,30,32-34,36-38,40-43H2,1-2H3,(H2,51,52,53)/b13-12-,22-21-,29-26-,31-28-,39-35+/t44-,45-/m1/s1. The Morgan fingerprint density at radius 2 is 1.02 bits per heavy atom. The monoisotopic (exact) mass is 823 g/mol. The largest absolute Gasteiger partial charge is 0.469 e. The molecule has 0 aliphatic heterocycles. The number of aliphatic hydroxyl groups excluding tert-OH is 1. The highest BCUT2D eigenvalue weighted by atomic mass is 31.2. The molecule has 2 atom stereocenters. The predicted molar refractivity (Wildman–Crippen MR) is 236 cm³/mol. The first-order chi connectivity index (χ1) is 27.7. The van der Waals surface area contributed by atoms with E-state index in [1.807, 2.05) is 36.5 Å². The van der Waals surface area contributed by atoms with Crippen molar-refractivity contribution in [3.8, 4) is 0 Å².